The van der Waals surface area contributed by atoms with Gasteiger partial charge in [-0.3, -0.25) is 4.79 Å². The van der Waals surface area contributed by atoms with Crippen molar-refractivity contribution in [1.29, 1.82) is 0 Å². The number of methoxy groups -OCH3 is 1. The molecule has 0 bridgehead atoms. The molecule has 0 atom stereocenters. The Labute approximate surface area is 182 Å². The molecule has 1 heterocycles. The Balaban J connectivity index is 1.60. The number of anilines is 1. The van der Waals surface area contributed by atoms with Crippen LogP contribution in [0.5, 0.6) is 5.75 Å². The molecule has 0 aromatic heterocycles. The van der Waals surface area contributed by atoms with E-state index in [0.717, 1.165) is 25.7 Å². The summed E-state index contributed by atoms with van der Waals surface area (Å²) in [5.74, 6) is -0.471. The average molecular weight is 447 g/mol. The van der Waals surface area contributed by atoms with Crippen molar-refractivity contribution in [1.82, 2.24) is 4.31 Å². The first-order chi connectivity index (χ1) is 14.9. The topological polar surface area (TPSA) is 102 Å². The van der Waals surface area contributed by atoms with Gasteiger partial charge in [-0.25, -0.2) is 13.2 Å². The number of esters is 1. The smallest absolute Gasteiger partial charge is 0.337 e. The second-order valence-corrected chi connectivity index (χ2v) is 9.14. The van der Waals surface area contributed by atoms with Gasteiger partial charge in [0.15, 0.2) is 6.61 Å². The van der Waals surface area contributed by atoms with Gasteiger partial charge < -0.3 is 14.8 Å². The number of nitrogens with one attached hydrogen (secondary N) is 1. The molecule has 1 saturated heterocycles. The molecule has 1 N–H and O–H groups in total. The summed E-state index contributed by atoms with van der Waals surface area (Å²) in [6.45, 7) is 0.768. The number of amides is 1. The Morgan fingerprint density at radius 1 is 1.00 bits per heavy atom. The fourth-order valence-electron chi connectivity index (χ4n) is 3.32. The summed E-state index contributed by atoms with van der Waals surface area (Å²) in [5, 5.41) is 2.66. The quantitative estimate of drug-likeness (QED) is 0.656. The van der Waals surface area contributed by atoms with Crippen molar-refractivity contribution < 1.29 is 27.5 Å². The molecular formula is C22H26N2O6S. The molecule has 31 heavy (non-hydrogen) atoms. The molecule has 0 spiro atoms. The number of rotatable bonds is 7. The number of hydrogen-bond donors (Lipinski definition) is 1. The van der Waals surface area contributed by atoms with Gasteiger partial charge in [0.1, 0.15) is 5.75 Å². The van der Waals surface area contributed by atoms with Gasteiger partial charge in [0.25, 0.3) is 5.91 Å². The Kier molecular flexibility index (Phi) is 7.64. The molecule has 8 nitrogen and oxygen atoms in total. The third kappa shape index (κ3) is 6.05. The summed E-state index contributed by atoms with van der Waals surface area (Å²) >= 11 is 0. The van der Waals surface area contributed by atoms with Crippen molar-refractivity contribution in [2.75, 3.05) is 32.1 Å². The van der Waals surface area contributed by atoms with E-state index in [0.29, 0.717) is 30.1 Å². The van der Waals surface area contributed by atoms with E-state index in [9.17, 15) is 18.0 Å². The third-order valence-electron chi connectivity index (χ3n) is 4.97. The maximum atomic E-state index is 12.9. The molecule has 1 aliphatic heterocycles. The van der Waals surface area contributed by atoms with Crippen LogP contribution < -0.4 is 10.1 Å². The van der Waals surface area contributed by atoms with E-state index in [1.165, 1.54) is 35.7 Å². The van der Waals surface area contributed by atoms with E-state index in [1.54, 1.807) is 24.3 Å². The number of sulfonamides is 1. The highest BCUT2D eigenvalue weighted by Gasteiger charge is 2.25. The van der Waals surface area contributed by atoms with Crippen molar-refractivity contribution in [2.45, 2.75) is 30.6 Å². The molecule has 9 heteroatoms. The first kappa shape index (κ1) is 22.8. The van der Waals surface area contributed by atoms with Gasteiger partial charge in [0.2, 0.25) is 10.0 Å². The Hall–Kier alpha value is -2.91. The summed E-state index contributed by atoms with van der Waals surface area (Å²) in [6, 6.07) is 12.4. The van der Waals surface area contributed by atoms with Crippen LogP contribution in [0.2, 0.25) is 0 Å². The number of carbonyl (C=O) groups is 2. The summed E-state index contributed by atoms with van der Waals surface area (Å²) in [4.78, 5) is 23.8. The lowest BCUT2D eigenvalue weighted by atomic mass is 10.2. The largest absolute Gasteiger partial charge is 0.484 e. The van der Waals surface area contributed by atoms with Crippen LogP contribution in [-0.2, 0) is 19.6 Å². The molecule has 2 aromatic rings. The average Bonchev–Trinajstić information content (AvgIpc) is 3.08. The molecule has 0 unspecified atom stereocenters. The molecule has 2 aromatic carbocycles. The second kappa shape index (κ2) is 10.4. The monoisotopic (exact) mass is 446 g/mol. The molecule has 1 amide bonds. The minimum Gasteiger partial charge on any atom is -0.484 e. The molecule has 0 saturated carbocycles. The van der Waals surface area contributed by atoms with Crippen LogP contribution in [0.15, 0.2) is 53.4 Å². The lowest BCUT2D eigenvalue weighted by molar-refractivity contribution is -0.118. The minimum absolute atomic E-state index is 0.159. The number of benzene rings is 2. The molecule has 0 radical (unpaired) electrons. The van der Waals surface area contributed by atoms with Crippen molar-refractivity contribution in [3.8, 4) is 5.75 Å². The Morgan fingerprint density at radius 2 is 1.68 bits per heavy atom. The maximum absolute atomic E-state index is 12.9. The normalized spacial score (nSPS) is 15.0. The molecule has 3 rings (SSSR count). The van der Waals surface area contributed by atoms with Crippen LogP contribution in [0, 0.1) is 0 Å². The number of carbonyl (C=O) groups excluding carboxylic acids is 2. The summed E-state index contributed by atoms with van der Waals surface area (Å²) < 4.78 is 37.5. The van der Waals surface area contributed by atoms with E-state index in [1.807, 2.05) is 0 Å². The van der Waals surface area contributed by atoms with Gasteiger partial charge in [0, 0.05) is 18.8 Å². The van der Waals surface area contributed by atoms with Gasteiger partial charge in [-0.05, 0) is 55.3 Å². The van der Waals surface area contributed by atoms with Gasteiger partial charge >= 0.3 is 5.97 Å². The molecule has 1 fully saturated rings. The highest BCUT2D eigenvalue weighted by atomic mass is 32.2. The highest BCUT2D eigenvalue weighted by Crippen LogP contribution is 2.22. The van der Waals surface area contributed by atoms with Crippen molar-refractivity contribution >= 4 is 27.6 Å². The van der Waals surface area contributed by atoms with E-state index in [-0.39, 0.29) is 11.5 Å². The van der Waals surface area contributed by atoms with Gasteiger partial charge in [0.05, 0.1) is 17.6 Å². The molecule has 166 valence electrons. The van der Waals surface area contributed by atoms with E-state index in [2.05, 4.69) is 10.1 Å². The van der Waals surface area contributed by atoms with E-state index in [4.69, 9.17) is 4.74 Å². The highest BCUT2D eigenvalue weighted by molar-refractivity contribution is 7.89. The van der Waals surface area contributed by atoms with Crippen molar-refractivity contribution in [2.24, 2.45) is 0 Å². The third-order valence-corrected chi connectivity index (χ3v) is 6.86. The van der Waals surface area contributed by atoms with Crippen LogP contribution in [0.4, 0.5) is 5.69 Å². The van der Waals surface area contributed by atoms with E-state index >= 15 is 0 Å². The van der Waals surface area contributed by atoms with Crippen molar-refractivity contribution in [3.63, 3.8) is 0 Å². The zero-order valence-corrected chi connectivity index (χ0v) is 18.2. The number of nitrogens with zero attached hydrogens (tertiary/aromatic N) is 1. The minimum atomic E-state index is -3.60. The fourth-order valence-corrected chi connectivity index (χ4v) is 4.88. The van der Waals surface area contributed by atoms with Crippen LogP contribution in [0.3, 0.4) is 0 Å². The van der Waals surface area contributed by atoms with E-state index < -0.39 is 21.9 Å². The van der Waals surface area contributed by atoms with Crippen LogP contribution in [-0.4, -0.2) is 51.4 Å². The number of hydrogen-bond acceptors (Lipinski definition) is 6. The maximum Gasteiger partial charge on any atom is 0.337 e. The lowest BCUT2D eigenvalue weighted by Gasteiger charge is -2.20. The van der Waals surface area contributed by atoms with Gasteiger partial charge in [-0.2, -0.15) is 4.31 Å². The molecule has 0 aliphatic carbocycles. The molecular weight excluding hydrogens is 420 g/mol. The predicted molar refractivity (Wildman–Crippen MR) is 116 cm³/mol. The Morgan fingerprint density at radius 3 is 2.32 bits per heavy atom. The van der Waals surface area contributed by atoms with Crippen LogP contribution in [0.1, 0.15) is 36.0 Å². The first-order valence-corrected chi connectivity index (χ1v) is 11.6. The molecule has 1 aliphatic rings. The summed E-state index contributed by atoms with van der Waals surface area (Å²) in [6.07, 6.45) is 3.78. The summed E-state index contributed by atoms with van der Waals surface area (Å²) in [7, 11) is -2.30. The SMILES string of the molecule is COC(=O)c1ccc(OCC(=O)Nc2cccc(S(=O)(=O)N3CCCCCC3)c2)cc1. The second-order valence-electron chi connectivity index (χ2n) is 7.20. The summed E-state index contributed by atoms with van der Waals surface area (Å²) in [5.41, 5.74) is 0.757. The van der Waals surface area contributed by atoms with Crippen molar-refractivity contribution in [3.05, 3.63) is 54.1 Å². The predicted octanol–water partition coefficient (Wildman–Crippen LogP) is 3.06. The standard InChI is InChI=1S/C22H26N2O6S/c1-29-22(26)17-9-11-19(12-10-17)30-16-21(25)23-18-7-6-8-20(15-18)31(27,28)24-13-4-2-3-5-14-24/h6-12,15H,2-5,13-14,16H2,1H3,(H,23,25). The zero-order valence-electron chi connectivity index (χ0n) is 17.4. The zero-order chi connectivity index (χ0) is 22.3. The first-order valence-electron chi connectivity index (χ1n) is 10.1. The Bertz CT molecular complexity index is 1010. The lowest BCUT2D eigenvalue weighted by Crippen LogP contribution is -2.32. The number of ether oxygens (including phenoxy) is 2. The van der Waals surface area contributed by atoms with Gasteiger partial charge in [-0.15, -0.1) is 0 Å². The van der Waals surface area contributed by atoms with Crippen LogP contribution >= 0.6 is 0 Å². The fraction of sp³-hybridized carbons (Fsp3) is 0.364. The van der Waals surface area contributed by atoms with Gasteiger partial charge in [-0.1, -0.05) is 18.9 Å². The van der Waals surface area contributed by atoms with Crippen LogP contribution in [0.25, 0.3) is 0 Å².